The van der Waals surface area contributed by atoms with Gasteiger partial charge in [0.2, 0.25) is 5.95 Å². The number of amides is 2. The minimum atomic E-state index is -0.357. The number of carbonyl (C=O) groups excluding carboxylic acids is 2. The second-order valence-corrected chi connectivity index (χ2v) is 17.8. The molecule has 13 nitrogen and oxygen atoms in total. The number of thiazole rings is 2. The zero-order valence-electron chi connectivity index (χ0n) is 32.7. The molecule has 0 aliphatic carbocycles. The molecule has 0 radical (unpaired) electrons. The topological polar surface area (TPSA) is 142 Å². The highest BCUT2D eigenvalue weighted by atomic mass is 32.2. The van der Waals surface area contributed by atoms with Gasteiger partial charge in [-0.15, -0.1) is 46.2 Å². The molecule has 0 saturated carbocycles. The van der Waals surface area contributed by atoms with Gasteiger partial charge in [-0.05, 0) is 50.2 Å². The average Bonchev–Trinajstić information content (AvgIpc) is 3.91. The van der Waals surface area contributed by atoms with Crippen LogP contribution in [-0.2, 0) is 11.5 Å². The second-order valence-electron chi connectivity index (χ2n) is 13.6. The van der Waals surface area contributed by atoms with E-state index >= 15 is 0 Å². The number of nitrogens with zero attached hydrogens (tertiary/aromatic N) is 9. The summed E-state index contributed by atoms with van der Waals surface area (Å²) in [4.78, 5) is 64.7. The van der Waals surface area contributed by atoms with Crippen molar-refractivity contribution in [1.82, 2.24) is 29.7 Å². The van der Waals surface area contributed by atoms with E-state index in [4.69, 9.17) is 0 Å². The maximum absolute atomic E-state index is 13.2. The Kier molecular flexibility index (Phi) is 14.2. The first-order valence-electron chi connectivity index (χ1n) is 19.1. The highest BCUT2D eigenvalue weighted by Gasteiger charge is 2.28. The van der Waals surface area contributed by atoms with E-state index < -0.39 is 0 Å². The predicted molar refractivity (Wildman–Crippen MR) is 237 cm³/mol. The SMILES string of the molecule is Cc1nc(CSc2ccccc2C(=O)N2CCN(c3ccccc3[N+](=O)[O-])CC2)cs1.Cc1nc(CSc2ccccc2C(=O)N2CCN(c3ncccn3)CC2)cs1. The molecular weight excluding hydrogens is 823 g/mol. The molecule has 0 bridgehead atoms. The number of aryl methyl sites for hydroxylation is 2. The van der Waals surface area contributed by atoms with Gasteiger partial charge < -0.3 is 19.6 Å². The second kappa shape index (κ2) is 20.1. The maximum Gasteiger partial charge on any atom is 0.292 e. The Bertz CT molecular complexity index is 2360. The summed E-state index contributed by atoms with van der Waals surface area (Å²) < 4.78 is 0. The highest BCUT2D eigenvalue weighted by molar-refractivity contribution is 7.98. The van der Waals surface area contributed by atoms with Gasteiger partial charge in [0.25, 0.3) is 17.5 Å². The number of hydrogen-bond donors (Lipinski definition) is 0. The van der Waals surface area contributed by atoms with E-state index in [0.29, 0.717) is 50.5 Å². The lowest BCUT2D eigenvalue weighted by Gasteiger charge is -2.36. The third kappa shape index (κ3) is 10.8. The van der Waals surface area contributed by atoms with Crippen LogP contribution < -0.4 is 9.80 Å². The fraction of sp³-hybridized carbons (Fsp3) is 0.286. The molecule has 17 heteroatoms. The first kappa shape index (κ1) is 41.8. The molecule has 2 aliphatic heterocycles. The number of thioether (sulfide) groups is 2. The Labute approximate surface area is 359 Å². The normalized spacial score (nSPS) is 14.1. The lowest BCUT2D eigenvalue weighted by molar-refractivity contribution is -0.384. The smallest absolute Gasteiger partial charge is 0.292 e. The van der Waals surface area contributed by atoms with Crippen LogP contribution in [0.3, 0.4) is 0 Å². The van der Waals surface area contributed by atoms with E-state index in [1.165, 1.54) is 6.07 Å². The van der Waals surface area contributed by atoms with Crippen molar-refractivity contribution in [1.29, 1.82) is 0 Å². The Hall–Kier alpha value is -5.36. The van der Waals surface area contributed by atoms with Gasteiger partial charge in [0.15, 0.2) is 0 Å². The molecular formula is C42H43N9O4S4. The van der Waals surface area contributed by atoms with E-state index in [2.05, 4.69) is 35.6 Å². The minimum absolute atomic E-state index is 0.000213. The third-order valence-corrected chi connectivity index (χ3v) is 13.6. The van der Waals surface area contributed by atoms with Gasteiger partial charge in [0.1, 0.15) is 5.69 Å². The molecule has 6 aromatic rings. The van der Waals surface area contributed by atoms with Gasteiger partial charge in [0.05, 0.1) is 37.5 Å². The molecule has 3 aromatic carbocycles. The number of para-hydroxylation sites is 2. The fourth-order valence-electron chi connectivity index (χ4n) is 6.73. The van der Waals surface area contributed by atoms with Crippen LogP contribution in [0.5, 0.6) is 0 Å². The number of nitro benzene ring substituents is 1. The maximum atomic E-state index is 13.2. The van der Waals surface area contributed by atoms with Crippen molar-refractivity contribution >= 4 is 75.3 Å². The van der Waals surface area contributed by atoms with Gasteiger partial charge >= 0.3 is 0 Å². The summed E-state index contributed by atoms with van der Waals surface area (Å²) in [6, 6.07) is 24.1. The summed E-state index contributed by atoms with van der Waals surface area (Å²) in [5.41, 5.74) is 4.25. The lowest BCUT2D eigenvalue weighted by Crippen LogP contribution is -2.49. The summed E-state index contributed by atoms with van der Waals surface area (Å²) in [5, 5.41) is 17.6. The van der Waals surface area contributed by atoms with E-state index in [9.17, 15) is 19.7 Å². The van der Waals surface area contributed by atoms with Gasteiger partial charge in [-0.2, -0.15) is 0 Å². The van der Waals surface area contributed by atoms with Crippen molar-refractivity contribution in [2.75, 3.05) is 62.2 Å². The fourth-order valence-corrected chi connectivity index (χ4v) is 10.0. The molecule has 59 heavy (non-hydrogen) atoms. The lowest BCUT2D eigenvalue weighted by atomic mass is 10.1. The molecule has 2 saturated heterocycles. The molecule has 0 spiro atoms. The first-order chi connectivity index (χ1) is 28.7. The van der Waals surface area contributed by atoms with Gasteiger partial charge in [-0.3, -0.25) is 19.7 Å². The van der Waals surface area contributed by atoms with Crippen LogP contribution in [0.1, 0.15) is 42.1 Å². The number of anilines is 2. The zero-order valence-corrected chi connectivity index (χ0v) is 35.9. The number of rotatable bonds is 11. The van der Waals surface area contributed by atoms with E-state index in [1.807, 2.05) is 83.1 Å². The van der Waals surface area contributed by atoms with Crippen LogP contribution in [-0.4, -0.2) is 98.8 Å². The molecule has 304 valence electrons. The van der Waals surface area contributed by atoms with Crippen molar-refractivity contribution in [2.24, 2.45) is 0 Å². The van der Waals surface area contributed by atoms with Crippen molar-refractivity contribution < 1.29 is 14.5 Å². The number of benzene rings is 3. The number of aromatic nitrogens is 4. The van der Waals surface area contributed by atoms with Crippen molar-refractivity contribution in [2.45, 2.75) is 35.1 Å². The summed E-state index contributed by atoms with van der Waals surface area (Å²) in [6.45, 7) is 8.98. The minimum Gasteiger partial charge on any atom is -0.362 e. The van der Waals surface area contributed by atoms with E-state index in [-0.39, 0.29) is 22.4 Å². The number of nitro groups is 1. The number of hydrogen-bond acceptors (Lipinski definition) is 14. The van der Waals surface area contributed by atoms with Crippen LogP contribution in [0.4, 0.5) is 17.3 Å². The highest BCUT2D eigenvalue weighted by Crippen LogP contribution is 2.31. The Morgan fingerprint density at radius 2 is 1.10 bits per heavy atom. The third-order valence-electron chi connectivity index (χ3n) is 9.71. The molecule has 8 rings (SSSR count). The quantitative estimate of drug-likeness (QED) is 0.0706. The summed E-state index contributed by atoms with van der Waals surface area (Å²) in [5.74, 6) is 2.31. The summed E-state index contributed by atoms with van der Waals surface area (Å²) in [7, 11) is 0. The molecule has 3 aromatic heterocycles. The first-order valence-corrected chi connectivity index (χ1v) is 22.8. The van der Waals surface area contributed by atoms with Crippen LogP contribution in [0, 0.1) is 24.0 Å². The Morgan fingerprint density at radius 1 is 0.644 bits per heavy atom. The van der Waals surface area contributed by atoms with Crippen LogP contribution >= 0.6 is 46.2 Å². The van der Waals surface area contributed by atoms with Crippen LogP contribution in [0.15, 0.2) is 112 Å². The number of piperazine rings is 2. The molecule has 2 aliphatic rings. The van der Waals surface area contributed by atoms with E-state index in [0.717, 1.165) is 67.3 Å². The van der Waals surface area contributed by atoms with Gasteiger partial charge in [-0.25, -0.2) is 19.9 Å². The molecule has 0 unspecified atom stereocenters. The summed E-state index contributed by atoms with van der Waals surface area (Å²) in [6.07, 6.45) is 3.49. The Balaban J connectivity index is 0.000000180. The van der Waals surface area contributed by atoms with Crippen LogP contribution in [0.2, 0.25) is 0 Å². The largest absolute Gasteiger partial charge is 0.362 e. The monoisotopic (exact) mass is 865 g/mol. The van der Waals surface area contributed by atoms with E-state index in [1.54, 1.807) is 76.8 Å². The number of carbonyl (C=O) groups is 2. The van der Waals surface area contributed by atoms with Crippen LogP contribution in [0.25, 0.3) is 0 Å². The van der Waals surface area contributed by atoms with Gasteiger partial charge in [-0.1, -0.05) is 36.4 Å². The molecule has 2 fully saturated rings. The molecule has 0 N–H and O–H groups in total. The zero-order chi connectivity index (χ0) is 41.1. The molecule has 0 atom stereocenters. The predicted octanol–water partition coefficient (Wildman–Crippen LogP) is 8.11. The summed E-state index contributed by atoms with van der Waals surface area (Å²) >= 11 is 6.57. The van der Waals surface area contributed by atoms with Gasteiger partial charge in [0, 0.05) is 103 Å². The standard InChI is InChI=1S/C22H22N4O3S2.C20H21N5OS2/c1-16-23-17(14-30-16)15-31-21-9-5-2-6-18(21)22(27)25-12-10-24(11-13-25)19-7-3-4-8-20(19)26(28)29;1-15-23-16(13-27-15)14-28-18-6-3-2-5-17(18)19(26)24-9-11-25(12-10-24)20-21-7-4-8-22-20/h2-9,14H,10-13,15H2,1H3;2-8,13H,9-12,14H2,1H3. The Morgan fingerprint density at radius 3 is 1.58 bits per heavy atom. The van der Waals surface area contributed by atoms with Crippen molar-refractivity contribution in [3.05, 3.63) is 145 Å². The van der Waals surface area contributed by atoms with Crippen molar-refractivity contribution in [3.8, 4) is 0 Å². The molecule has 5 heterocycles. The molecule has 2 amide bonds. The van der Waals surface area contributed by atoms with Crippen molar-refractivity contribution in [3.63, 3.8) is 0 Å². The average molecular weight is 866 g/mol.